The summed E-state index contributed by atoms with van der Waals surface area (Å²) < 4.78 is 27.5. The molecular formula is C23H26N4O5S. The molecule has 1 amide bonds. The van der Waals surface area contributed by atoms with Crippen molar-refractivity contribution in [3.05, 3.63) is 69.9 Å². The molecule has 0 spiro atoms. The van der Waals surface area contributed by atoms with Gasteiger partial charge in [0.15, 0.2) is 0 Å². The summed E-state index contributed by atoms with van der Waals surface area (Å²) >= 11 is 0. The van der Waals surface area contributed by atoms with Crippen molar-refractivity contribution in [3.63, 3.8) is 0 Å². The minimum atomic E-state index is -3.66. The summed E-state index contributed by atoms with van der Waals surface area (Å²) in [5.41, 5.74) is 1.42. The minimum absolute atomic E-state index is 0.0721. The third-order valence-electron chi connectivity index (χ3n) is 5.95. The summed E-state index contributed by atoms with van der Waals surface area (Å²) in [5, 5.41) is 11.8. The number of para-hydroxylation sites is 1. The van der Waals surface area contributed by atoms with Crippen molar-refractivity contribution < 1.29 is 18.1 Å². The van der Waals surface area contributed by atoms with Crippen molar-refractivity contribution in [1.82, 2.24) is 14.2 Å². The molecular weight excluding hydrogens is 444 g/mol. The first kappa shape index (κ1) is 22.9. The standard InChI is InChI=1S/C23H26N4O5S/c1-23(2,3)17-7-9-18(10-8-17)33(31,32)26-13-11-25(12-14-26)22(28)19-15-16-5-4-6-20(27(29)30)21(16)24-19/h4-10,15,24H,11-14H2,1-3H3. The molecule has 33 heavy (non-hydrogen) atoms. The number of nitro benzene ring substituents is 1. The Morgan fingerprint density at radius 1 is 1.03 bits per heavy atom. The maximum Gasteiger partial charge on any atom is 0.293 e. The van der Waals surface area contributed by atoms with Crippen LogP contribution in [0, 0.1) is 10.1 Å². The zero-order chi connectivity index (χ0) is 24.0. The molecule has 174 valence electrons. The van der Waals surface area contributed by atoms with Gasteiger partial charge in [-0.25, -0.2) is 8.42 Å². The number of H-pyrrole nitrogens is 1. The van der Waals surface area contributed by atoms with E-state index in [2.05, 4.69) is 25.8 Å². The number of nitro groups is 1. The van der Waals surface area contributed by atoms with Crippen molar-refractivity contribution in [2.45, 2.75) is 31.1 Å². The largest absolute Gasteiger partial charge is 0.345 e. The van der Waals surface area contributed by atoms with Gasteiger partial charge in [0.25, 0.3) is 11.6 Å². The first-order chi connectivity index (χ1) is 15.5. The number of fused-ring (bicyclic) bond motifs is 1. The summed E-state index contributed by atoms with van der Waals surface area (Å²) in [6, 6.07) is 13.2. The molecule has 2 heterocycles. The highest BCUT2D eigenvalue weighted by Gasteiger charge is 2.31. The topological polar surface area (TPSA) is 117 Å². The monoisotopic (exact) mass is 470 g/mol. The van der Waals surface area contributed by atoms with Crippen LogP contribution in [0.25, 0.3) is 10.9 Å². The molecule has 0 bridgehead atoms. The van der Waals surface area contributed by atoms with Crippen LogP contribution in [0.2, 0.25) is 0 Å². The molecule has 2 aromatic carbocycles. The number of non-ortho nitro benzene ring substituents is 1. The smallest absolute Gasteiger partial charge is 0.293 e. The van der Waals surface area contributed by atoms with Gasteiger partial charge in [-0.2, -0.15) is 4.31 Å². The lowest BCUT2D eigenvalue weighted by molar-refractivity contribution is -0.383. The molecule has 4 rings (SSSR count). The number of rotatable bonds is 4. The van der Waals surface area contributed by atoms with Gasteiger partial charge in [-0.05, 0) is 29.2 Å². The van der Waals surface area contributed by atoms with Gasteiger partial charge in [-0.15, -0.1) is 0 Å². The van der Waals surface area contributed by atoms with E-state index < -0.39 is 14.9 Å². The normalized spacial score (nSPS) is 15.7. The zero-order valence-electron chi connectivity index (χ0n) is 18.7. The number of nitrogens with zero attached hydrogens (tertiary/aromatic N) is 3. The van der Waals surface area contributed by atoms with Crippen LogP contribution in [0.4, 0.5) is 5.69 Å². The Labute approximate surface area is 192 Å². The number of nitrogens with one attached hydrogen (secondary N) is 1. The lowest BCUT2D eigenvalue weighted by Crippen LogP contribution is -2.50. The van der Waals surface area contributed by atoms with Crippen LogP contribution in [-0.4, -0.2) is 59.6 Å². The van der Waals surface area contributed by atoms with Gasteiger partial charge in [0.2, 0.25) is 10.0 Å². The Hall–Kier alpha value is -3.24. The van der Waals surface area contributed by atoms with Gasteiger partial charge in [0.1, 0.15) is 11.2 Å². The second-order valence-electron chi connectivity index (χ2n) is 9.15. The molecule has 10 heteroatoms. The predicted octanol–water partition coefficient (Wildman–Crippen LogP) is 3.52. The van der Waals surface area contributed by atoms with Crippen LogP contribution in [0.3, 0.4) is 0 Å². The lowest BCUT2D eigenvalue weighted by Gasteiger charge is -2.33. The number of hydrogen-bond acceptors (Lipinski definition) is 5. The number of amides is 1. The maximum absolute atomic E-state index is 13.1. The highest BCUT2D eigenvalue weighted by Crippen LogP contribution is 2.27. The molecule has 0 aliphatic carbocycles. The second-order valence-corrected chi connectivity index (χ2v) is 11.1. The second kappa shape index (κ2) is 8.27. The fourth-order valence-corrected chi connectivity index (χ4v) is 5.41. The van der Waals surface area contributed by atoms with E-state index in [1.54, 1.807) is 35.2 Å². The third kappa shape index (κ3) is 4.36. The molecule has 0 unspecified atom stereocenters. The molecule has 1 aliphatic rings. The average molecular weight is 471 g/mol. The van der Waals surface area contributed by atoms with E-state index in [9.17, 15) is 23.3 Å². The Kier molecular flexibility index (Phi) is 5.75. The fraction of sp³-hybridized carbons (Fsp3) is 0.348. The van der Waals surface area contributed by atoms with Gasteiger partial charge in [0, 0.05) is 37.6 Å². The van der Waals surface area contributed by atoms with Crippen molar-refractivity contribution in [1.29, 1.82) is 0 Å². The number of hydrogen-bond donors (Lipinski definition) is 1. The van der Waals surface area contributed by atoms with Crippen molar-refractivity contribution in [2.75, 3.05) is 26.2 Å². The Bertz CT molecular complexity index is 1320. The van der Waals surface area contributed by atoms with E-state index in [0.717, 1.165) is 5.56 Å². The molecule has 3 aromatic rings. The molecule has 1 fully saturated rings. The minimum Gasteiger partial charge on any atom is -0.345 e. The van der Waals surface area contributed by atoms with Crippen molar-refractivity contribution in [3.8, 4) is 0 Å². The van der Waals surface area contributed by atoms with Gasteiger partial charge in [-0.1, -0.05) is 45.0 Å². The number of benzene rings is 2. The van der Waals surface area contributed by atoms with E-state index in [4.69, 9.17) is 0 Å². The molecule has 1 N–H and O–H groups in total. The van der Waals surface area contributed by atoms with Crippen LogP contribution >= 0.6 is 0 Å². The van der Waals surface area contributed by atoms with Crippen LogP contribution in [-0.2, 0) is 15.4 Å². The predicted molar refractivity (Wildman–Crippen MR) is 125 cm³/mol. The van der Waals surface area contributed by atoms with Crippen molar-refractivity contribution in [2.24, 2.45) is 0 Å². The van der Waals surface area contributed by atoms with E-state index in [1.165, 1.54) is 10.4 Å². The highest BCUT2D eigenvalue weighted by molar-refractivity contribution is 7.89. The van der Waals surface area contributed by atoms with Gasteiger partial charge >= 0.3 is 0 Å². The van der Waals surface area contributed by atoms with Gasteiger partial charge in [-0.3, -0.25) is 14.9 Å². The summed E-state index contributed by atoms with van der Waals surface area (Å²) in [4.78, 5) is 28.4. The third-order valence-corrected chi connectivity index (χ3v) is 7.86. The van der Waals surface area contributed by atoms with Crippen LogP contribution in [0.15, 0.2) is 53.4 Å². The van der Waals surface area contributed by atoms with E-state index in [-0.39, 0.29) is 53.8 Å². The summed E-state index contributed by atoms with van der Waals surface area (Å²) in [6.45, 7) is 7.02. The number of sulfonamides is 1. The summed E-state index contributed by atoms with van der Waals surface area (Å²) in [5.74, 6) is -0.313. The molecule has 0 saturated carbocycles. The van der Waals surface area contributed by atoms with Gasteiger partial charge in [0.05, 0.1) is 9.82 Å². The molecule has 1 aromatic heterocycles. The SMILES string of the molecule is CC(C)(C)c1ccc(S(=O)(=O)N2CCN(C(=O)c3cc4cccc([N+](=O)[O-])c4[nH]3)CC2)cc1. The zero-order valence-corrected chi connectivity index (χ0v) is 19.6. The molecule has 0 radical (unpaired) electrons. The van der Waals surface area contributed by atoms with Crippen LogP contribution in [0.5, 0.6) is 0 Å². The lowest BCUT2D eigenvalue weighted by atomic mass is 9.87. The number of carbonyl (C=O) groups excluding carboxylic acids is 1. The number of aromatic nitrogens is 1. The Balaban J connectivity index is 1.47. The molecule has 9 nitrogen and oxygen atoms in total. The highest BCUT2D eigenvalue weighted by atomic mass is 32.2. The van der Waals surface area contributed by atoms with Crippen LogP contribution in [0.1, 0.15) is 36.8 Å². The van der Waals surface area contributed by atoms with Gasteiger partial charge < -0.3 is 9.88 Å². The summed E-state index contributed by atoms with van der Waals surface area (Å²) in [6.07, 6.45) is 0. The number of aromatic amines is 1. The summed E-state index contributed by atoms with van der Waals surface area (Å²) in [7, 11) is -3.66. The van der Waals surface area contributed by atoms with E-state index in [0.29, 0.717) is 10.9 Å². The van der Waals surface area contributed by atoms with Crippen LogP contribution < -0.4 is 0 Å². The Morgan fingerprint density at radius 3 is 2.24 bits per heavy atom. The quantitative estimate of drug-likeness (QED) is 0.463. The molecule has 1 saturated heterocycles. The first-order valence-corrected chi connectivity index (χ1v) is 12.1. The van der Waals surface area contributed by atoms with Crippen molar-refractivity contribution >= 4 is 32.5 Å². The Morgan fingerprint density at radius 2 is 1.67 bits per heavy atom. The van der Waals surface area contributed by atoms with E-state index in [1.807, 2.05) is 12.1 Å². The molecule has 1 aliphatic heterocycles. The first-order valence-electron chi connectivity index (χ1n) is 10.6. The maximum atomic E-state index is 13.1. The molecule has 0 atom stereocenters. The average Bonchev–Trinajstić information content (AvgIpc) is 3.22. The fourth-order valence-electron chi connectivity index (χ4n) is 3.99. The van der Waals surface area contributed by atoms with E-state index >= 15 is 0 Å². The number of piperazine rings is 1. The number of carbonyl (C=O) groups is 1.